The number of amides is 1. The third-order valence-corrected chi connectivity index (χ3v) is 4.84. The van der Waals surface area contributed by atoms with Crippen LogP contribution in [0.1, 0.15) is 12.5 Å². The van der Waals surface area contributed by atoms with Crippen LogP contribution in [-0.2, 0) is 4.79 Å². The quantitative estimate of drug-likeness (QED) is 0.623. The van der Waals surface area contributed by atoms with Crippen LogP contribution in [-0.4, -0.2) is 21.4 Å². The maximum absolute atomic E-state index is 13.2. The minimum atomic E-state index is -0.540. The number of nitrogens with one attached hydrogen (secondary N) is 1. The van der Waals surface area contributed by atoms with Crippen LogP contribution in [0.25, 0.3) is 11.5 Å². The van der Waals surface area contributed by atoms with Crippen molar-refractivity contribution in [2.45, 2.75) is 24.3 Å². The molecule has 0 spiro atoms. The minimum absolute atomic E-state index is 0.0529. The first-order valence-corrected chi connectivity index (χ1v) is 9.02. The molecule has 0 saturated carbocycles. The van der Waals surface area contributed by atoms with Crippen molar-refractivity contribution in [2.24, 2.45) is 0 Å². The molecular weight excluding hydrogens is 377 g/mol. The molecule has 1 N–H and O–H groups in total. The van der Waals surface area contributed by atoms with E-state index >= 15 is 0 Å². The maximum Gasteiger partial charge on any atom is 0.277 e. The zero-order chi connectivity index (χ0) is 18.7. The standard InChI is InChI=1S/C18H15ClFN3O2S/c1-10-5-3-4-6-13(10)17-22-23-18(25-17)26-11(2)16(24)21-12-7-8-15(20)14(19)9-12/h3-9,11H,1-2H3,(H,21,24)/t11-/m0/s1. The maximum atomic E-state index is 13.2. The second-order valence-electron chi connectivity index (χ2n) is 5.57. The first-order chi connectivity index (χ1) is 12.4. The molecular formula is C18H15ClFN3O2S. The molecule has 0 bridgehead atoms. The van der Waals surface area contributed by atoms with Crippen molar-refractivity contribution in [1.82, 2.24) is 10.2 Å². The largest absolute Gasteiger partial charge is 0.411 e. The third kappa shape index (κ3) is 4.23. The summed E-state index contributed by atoms with van der Waals surface area (Å²) in [5, 5.41) is 10.4. The number of aromatic nitrogens is 2. The van der Waals surface area contributed by atoms with Crippen molar-refractivity contribution in [1.29, 1.82) is 0 Å². The van der Waals surface area contributed by atoms with Gasteiger partial charge >= 0.3 is 0 Å². The summed E-state index contributed by atoms with van der Waals surface area (Å²) >= 11 is 6.86. The van der Waals surface area contributed by atoms with Crippen LogP contribution in [0.4, 0.5) is 10.1 Å². The normalized spacial score (nSPS) is 12.0. The van der Waals surface area contributed by atoms with Crippen LogP contribution in [0.5, 0.6) is 0 Å². The zero-order valence-electron chi connectivity index (χ0n) is 14.0. The summed E-state index contributed by atoms with van der Waals surface area (Å²) in [6, 6.07) is 11.7. The Bertz CT molecular complexity index is 948. The number of benzene rings is 2. The number of carbonyl (C=O) groups excluding carboxylic acids is 1. The molecule has 5 nitrogen and oxygen atoms in total. The van der Waals surface area contributed by atoms with Gasteiger partial charge in [-0.1, -0.05) is 41.6 Å². The molecule has 1 aromatic heterocycles. The lowest BCUT2D eigenvalue weighted by molar-refractivity contribution is -0.115. The Hall–Kier alpha value is -2.38. The number of nitrogens with zero attached hydrogens (tertiary/aromatic N) is 2. The van der Waals surface area contributed by atoms with E-state index in [-0.39, 0.29) is 10.9 Å². The Kier molecular flexibility index (Phi) is 5.58. The third-order valence-electron chi connectivity index (χ3n) is 3.62. The smallest absolute Gasteiger partial charge is 0.277 e. The molecule has 3 aromatic rings. The SMILES string of the molecule is Cc1ccccc1-c1nnc(S[C@@H](C)C(=O)Nc2ccc(F)c(Cl)c2)o1. The second-order valence-corrected chi connectivity index (χ2v) is 7.27. The number of hydrogen-bond acceptors (Lipinski definition) is 5. The molecule has 8 heteroatoms. The lowest BCUT2D eigenvalue weighted by Crippen LogP contribution is -2.22. The Labute approximate surface area is 159 Å². The molecule has 0 fully saturated rings. The van der Waals surface area contributed by atoms with Crippen LogP contribution >= 0.6 is 23.4 Å². The molecule has 0 radical (unpaired) electrons. The molecule has 26 heavy (non-hydrogen) atoms. The number of rotatable bonds is 5. The van der Waals surface area contributed by atoms with Gasteiger partial charge in [0.1, 0.15) is 5.82 Å². The first kappa shape index (κ1) is 18.4. The molecule has 0 aliphatic rings. The molecule has 1 amide bonds. The highest BCUT2D eigenvalue weighted by Gasteiger charge is 2.19. The average molecular weight is 392 g/mol. The molecule has 1 heterocycles. The van der Waals surface area contributed by atoms with E-state index in [9.17, 15) is 9.18 Å². The summed E-state index contributed by atoms with van der Waals surface area (Å²) in [6.07, 6.45) is 0. The van der Waals surface area contributed by atoms with Crippen LogP contribution in [0.2, 0.25) is 5.02 Å². The fraction of sp³-hybridized carbons (Fsp3) is 0.167. The summed E-state index contributed by atoms with van der Waals surface area (Å²) < 4.78 is 18.8. The van der Waals surface area contributed by atoms with Gasteiger partial charge in [-0.15, -0.1) is 10.2 Å². The van der Waals surface area contributed by atoms with Gasteiger partial charge in [0, 0.05) is 11.3 Å². The molecule has 0 unspecified atom stereocenters. The van der Waals surface area contributed by atoms with Crippen molar-refractivity contribution < 1.29 is 13.6 Å². The Morgan fingerprint density at radius 1 is 1.27 bits per heavy atom. The number of hydrogen-bond donors (Lipinski definition) is 1. The molecule has 2 aromatic carbocycles. The van der Waals surface area contributed by atoms with Gasteiger partial charge < -0.3 is 9.73 Å². The Morgan fingerprint density at radius 3 is 2.77 bits per heavy atom. The molecule has 134 valence electrons. The van der Waals surface area contributed by atoms with E-state index in [2.05, 4.69) is 15.5 Å². The average Bonchev–Trinajstić information content (AvgIpc) is 3.06. The number of thioether (sulfide) groups is 1. The zero-order valence-corrected chi connectivity index (χ0v) is 15.6. The van der Waals surface area contributed by atoms with Crippen molar-refractivity contribution in [3.63, 3.8) is 0 Å². The first-order valence-electron chi connectivity index (χ1n) is 7.76. The van der Waals surface area contributed by atoms with Gasteiger partial charge in [0.15, 0.2) is 0 Å². The molecule has 0 aliphatic heterocycles. The van der Waals surface area contributed by atoms with Crippen LogP contribution < -0.4 is 5.32 Å². The van der Waals surface area contributed by atoms with E-state index in [1.807, 2.05) is 31.2 Å². The van der Waals surface area contributed by atoms with Gasteiger partial charge in [-0.05, 0) is 43.7 Å². The lowest BCUT2D eigenvalue weighted by atomic mass is 10.1. The number of anilines is 1. The molecule has 3 rings (SSSR count). The molecule has 0 saturated heterocycles. The summed E-state index contributed by atoms with van der Waals surface area (Å²) in [6.45, 7) is 3.67. The second kappa shape index (κ2) is 7.88. The number of carbonyl (C=O) groups is 1. The van der Waals surface area contributed by atoms with Gasteiger partial charge in [0.05, 0.1) is 10.3 Å². The lowest BCUT2D eigenvalue weighted by Gasteiger charge is -2.10. The summed E-state index contributed by atoms with van der Waals surface area (Å²) in [5.74, 6) is -0.418. The van der Waals surface area contributed by atoms with Gasteiger partial charge in [0.25, 0.3) is 5.22 Å². The molecule has 0 aliphatic carbocycles. The Balaban J connectivity index is 1.66. The van der Waals surface area contributed by atoms with Gasteiger partial charge in [-0.25, -0.2) is 4.39 Å². The highest BCUT2D eigenvalue weighted by atomic mass is 35.5. The molecule has 1 atom stereocenters. The van der Waals surface area contributed by atoms with E-state index in [0.29, 0.717) is 16.8 Å². The van der Waals surface area contributed by atoms with Crippen molar-refractivity contribution >= 4 is 35.0 Å². The van der Waals surface area contributed by atoms with Crippen molar-refractivity contribution in [2.75, 3.05) is 5.32 Å². The van der Waals surface area contributed by atoms with E-state index in [0.717, 1.165) is 22.9 Å². The van der Waals surface area contributed by atoms with Gasteiger partial charge in [0.2, 0.25) is 11.8 Å². The topological polar surface area (TPSA) is 68.0 Å². The van der Waals surface area contributed by atoms with Crippen LogP contribution in [0.15, 0.2) is 52.1 Å². The summed E-state index contributed by atoms with van der Waals surface area (Å²) in [7, 11) is 0. The van der Waals surface area contributed by atoms with E-state index < -0.39 is 11.1 Å². The van der Waals surface area contributed by atoms with E-state index in [1.54, 1.807) is 6.92 Å². The summed E-state index contributed by atoms with van der Waals surface area (Å²) in [5.41, 5.74) is 2.29. The predicted molar refractivity (Wildman–Crippen MR) is 99.8 cm³/mol. The number of halogens is 2. The van der Waals surface area contributed by atoms with Crippen molar-refractivity contribution in [3.05, 3.63) is 58.9 Å². The number of aryl methyl sites for hydroxylation is 1. The minimum Gasteiger partial charge on any atom is -0.411 e. The summed E-state index contributed by atoms with van der Waals surface area (Å²) in [4.78, 5) is 12.3. The van der Waals surface area contributed by atoms with E-state index in [4.69, 9.17) is 16.0 Å². The van der Waals surface area contributed by atoms with Crippen LogP contribution in [0, 0.1) is 12.7 Å². The van der Waals surface area contributed by atoms with E-state index in [1.165, 1.54) is 18.2 Å². The fourth-order valence-electron chi connectivity index (χ4n) is 2.20. The Morgan fingerprint density at radius 2 is 2.04 bits per heavy atom. The van der Waals surface area contributed by atoms with Gasteiger partial charge in [-0.2, -0.15) is 0 Å². The van der Waals surface area contributed by atoms with Crippen LogP contribution in [0.3, 0.4) is 0 Å². The fourth-order valence-corrected chi connectivity index (χ4v) is 3.07. The predicted octanol–water partition coefficient (Wildman–Crippen LogP) is 4.96. The van der Waals surface area contributed by atoms with Gasteiger partial charge in [-0.3, -0.25) is 4.79 Å². The van der Waals surface area contributed by atoms with Crippen molar-refractivity contribution in [3.8, 4) is 11.5 Å². The monoisotopic (exact) mass is 391 g/mol. The highest BCUT2D eigenvalue weighted by molar-refractivity contribution is 8.00. The highest BCUT2D eigenvalue weighted by Crippen LogP contribution is 2.28.